The van der Waals surface area contributed by atoms with E-state index in [4.69, 9.17) is 4.74 Å². The maximum Gasteiger partial charge on any atom is 0.347 e. The second-order valence-electron chi connectivity index (χ2n) is 4.97. The van der Waals surface area contributed by atoms with Crippen LogP contribution in [0.2, 0.25) is 0 Å². The molecule has 1 aliphatic rings. The fraction of sp³-hybridized carbons (Fsp3) is 0.333. The van der Waals surface area contributed by atoms with E-state index >= 15 is 0 Å². The highest BCUT2D eigenvalue weighted by atomic mass is 79.9. The van der Waals surface area contributed by atoms with Crippen molar-refractivity contribution in [3.05, 3.63) is 38.7 Å². The summed E-state index contributed by atoms with van der Waals surface area (Å²) < 4.78 is 6.37. The molecule has 0 radical (unpaired) electrons. The molecule has 5 nitrogen and oxygen atoms in total. The largest absolute Gasteiger partial charge is 0.496 e. The number of anilines is 1. The molecule has 0 saturated carbocycles. The van der Waals surface area contributed by atoms with Gasteiger partial charge in [-0.1, -0.05) is 15.9 Å². The third-order valence-electron chi connectivity index (χ3n) is 3.61. The first kappa shape index (κ1) is 14.1. The van der Waals surface area contributed by atoms with Gasteiger partial charge in [0.05, 0.1) is 12.8 Å². The van der Waals surface area contributed by atoms with E-state index in [1.165, 1.54) is 0 Å². The van der Waals surface area contributed by atoms with E-state index in [-0.39, 0.29) is 5.69 Å². The zero-order chi connectivity index (χ0) is 14.8. The standard InChI is InChI=1S/C15H16BrN3O2/c1-21-12-6-5-9(16)8-11(12)13-10-4-2-3-7-17-14(10)19-15(20)18-13/h5-6,8H,2-4,7H2,1H3,(H2,17,18,19,20). The van der Waals surface area contributed by atoms with Crippen molar-refractivity contribution in [3.8, 4) is 17.0 Å². The molecule has 1 aliphatic heterocycles. The van der Waals surface area contributed by atoms with E-state index in [9.17, 15) is 4.79 Å². The van der Waals surface area contributed by atoms with Gasteiger partial charge in [-0.15, -0.1) is 0 Å². The number of H-pyrrole nitrogens is 1. The minimum absolute atomic E-state index is 0.347. The van der Waals surface area contributed by atoms with Crippen molar-refractivity contribution in [3.63, 3.8) is 0 Å². The Kier molecular flexibility index (Phi) is 3.96. The number of nitrogens with zero attached hydrogens (tertiary/aromatic N) is 1. The molecule has 0 aliphatic carbocycles. The van der Waals surface area contributed by atoms with Gasteiger partial charge in [-0.25, -0.2) is 4.79 Å². The normalized spacial score (nSPS) is 14.0. The van der Waals surface area contributed by atoms with Crippen molar-refractivity contribution >= 4 is 21.7 Å². The van der Waals surface area contributed by atoms with Crippen LogP contribution in [0, 0.1) is 0 Å². The summed E-state index contributed by atoms with van der Waals surface area (Å²) in [5.41, 5.74) is 2.35. The summed E-state index contributed by atoms with van der Waals surface area (Å²) in [6, 6.07) is 5.75. The zero-order valence-corrected chi connectivity index (χ0v) is 13.3. The molecule has 1 aromatic carbocycles. The van der Waals surface area contributed by atoms with Crippen LogP contribution in [0.25, 0.3) is 11.3 Å². The van der Waals surface area contributed by atoms with Gasteiger partial charge in [-0.05, 0) is 37.5 Å². The first-order valence-electron chi connectivity index (χ1n) is 6.90. The molecule has 2 aromatic rings. The summed E-state index contributed by atoms with van der Waals surface area (Å²) in [4.78, 5) is 18.8. The Morgan fingerprint density at radius 2 is 2.19 bits per heavy atom. The quantitative estimate of drug-likeness (QED) is 0.874. The molecule has 0 amide bonds. The maximum atomic E-state index is 11.9. The lowest BCUT2D eigenvalue weighted by Gasteiger charge is -2.14. The predicted molar refractivity (Wildman–Crippen MR) is 86.0 cm³/mol. The Morgan fingerprint density at radius 3 is 3.00 bits per heavy atom. The first-order chi connectivity index (χ1) is 10.2. The van der Waals surface area contributed by atoms with Crippen LogP contribution in [-0.2, 0) is 6.42 Å². The molecule has 21 heavy (non-hydrogen) atoms. The number of ether oxygens (including phenoxy) is 1. The van der Waals surface area contributed by atoms with E-state index in [2.05, 4.69) is 31.2 Å². The topological polar surface area (TPSA) is 67.0 Å². The Balaban J connectivity index is 2.25. The molecule has 3 rings (SSSR count). The van der Waals surface area contributed by atoms with Gasteiger partial charge in [0.25, 0.3) is 0 Å². The van der Waals surface area contributed by atoms with Gasteiger partial charge >= 0.3 is 5.69 Å². The van der Waals surface area contributed by atoms with Gasteiger partial charge in [0.2, 0.25) is 0 Å². The molecule has 2 heterocycles. The summed E-state index contributed by atoms with van der Waals surface area (Å²) in [5, 5.41) is 3.24. The second-order valence-corrected chi connectivity index (χ2v) is 5.89. The highest BCUT2D eigenvalue weighted by Crippen LogP contribution is 2.35. The summed E-state index contributed by atoms with van der Waals surface area (Å²) in [6.07, 6.45) is 3.02. The molecule has 110 valence electrons. The average Bonchev–Trinajstić information content (AvgIpc) is 2.71. The highest BCUT2D eigenvalue weighted by molar-refractivity contribution is 9.10. The maximum absolute atomic E-state index is 11.9. The van der Waals surface area contributed by atoms with Crippen molar-refractivity contribution in [2.45, 2.75) is 19.3 Å². The lowest BCUT2D eigenvalue weighted by atomic mass is 10.0. The number of hydrogen-bond acceptors (Lipinski definition) is 4. The molecule has 6 heteroatoms. The Labute approximate surface area is 130 Å². The average molecular weight is 350 g/mol. The highest BCUT2D eigenvalue weighted by Gasteiger charge is 2.18. The van der Waals surface area contributed by atoms with Crippen molar-refractivity contribution < 1.29 is 4.74 Å². The molecule has 0 bridgehead atoms. The zero-order valence-electron chi connectivity index (χ0n) is 11.7. The van der Waals surface area contributed by atoms with Crippen LogP contribution in [0.15, 0.2) is 27.5 Å². The molecule has 0 saturated heterocycles. The fourth-order valence-electron chi connectivity index (χ4n) is 2.63. The van der Waals surface area contributed by atoms with Crippen LogP contribution in [0.3, 0.4) is 0 Å². The molecule has 0 atom stereocenters. The number of rotatable bonds is 2. The SMILES string of the molecule is COc1ccc(Br)cc1-c1[nH]c(=O)nc2c1CCCCN2. The summed E-state index contributed by atoms with van der Waals surface area (Å²) >= 11 is 3.47. The van der Waals surface area contributed by atoms with Gasteiger partial charge in [0.1, 0.15) is 11.6 Å². The minimum atomic E-state index is -0.347. The molecule has 0 spiro atoms. The van der Waals surface area contributed by atoms with Crippen molar-refractivity contribution in [1.82, 2.24) is 9.97 Å². The van der Waals surface area contributed by atoms with Gasteiger partial charge in [-0.3, -0.25) is 0 Å². The van der Waals surface area contributed by atoms with E-state index in [1.54, 1.807) is 7.11 Å². The van der Waals surface area contributed by atoms with E-state index in [0.29, 0.717) is 5.82 Å². The second kappa shape index (κ2) is 5.89. The van der Waals surface area contributed by atoms with Gasteiger partial charge < -0.3 is 15.0 Å². The van der Waals surface area contributed by atoms with Gasteiger partial charge in [0.15, 0.2) is 0 Å². The van der Waals surface area contributed by atoms with E-state index < -0.39 is 0 Å². The van der Waals surface area contributed by atoms with Gasteiger partial charge in [-0.2, -0.15) is 4.98 Å². The number of benzene rings is 1. The third-order valence-corrected chi connectivity index (χ3v) is 4.10. The predicted octanol–water partition coefficient (Wildman–Crippen LogP) is 2.96. The Morgan fingerprint density at radius 1 is 1.33 bits per heavy atom. The van der Waals surface area contributed by atoms with Crippen LogP contribution >= 0.6 is 15.9 Å². The lowest BCUT2D eigenvalue weighted by Crippen LogP contribution is -2.17. The van der Waals surface area contributed by atoms with Crippen LogP contribution < -0.4 is 15.7 Å². The number of nitrogens with one attached hydrogen (secondary N) is 2. The van der Waals surface area contributed by atoms with Crippen molar-refractivity contribution in [1.29, 1.82) is 0 Å². The Hall–Kier alpha value is -1.82. The molecular formula is C15H16BrN3O2. The van der Waals surface area contributed by atoms with Crippen LogP contribution in [0.5, 0.6) is 5.75 Å². The molecule has 2 N–H and O–H groups in total. The molecular weight excluding hydrogens is 334 g/mol. The smallest absolute Gasteiger partial charge is 0.347 e. The van der Waals surface area contributed by atoms with Gasteiger partial charge in [0, 0.05) is 22.1 Å². The van der Waals surface area contributed by atoms with E-state index in [0.717, 1.165) is 52.9 Å². The number of hydrogen-bond donors (Lipinski definition) is 2. The lowest BCUT2D eigenvalue weighted by molar-refractivity contribution is 0.416. The number of methoxy groups -OCH3 is 1. The number of halogens is 1. The molecule has 0 fully saturated rings. The number of aromatic amines is 1. The monoisotopic (exact) mass is 349 g/mol. The minimum Gasteiger partial charge on any atom is -0.496 e. The fourth-order valence-corrected chi connectivity index (χ4v) is 2.99. The Bertz CT molecular complexity index is 727. The third kappa shape index (κ3) is 2.81. The van der Waals surface area contributed by atoms with Crippen molar-refractivity contribution in [2.24, 2.45) is 0 Å². The van der Waals surface area contributed by atoms with Crippen LogP contribution in [0.4, 0.5) is 5.82 Å². The molecule has 0 unspecified atom stereocenters. The molecule has 1 aromatic heterocycles. The van der Waals surface area contributed by atoms with Crippen LogP contribution in [0.1, 0.15) is 18.4 Å². The summed E-state index contributed by atoms with van der Waals surface area (Å²) in [6.45, 7) is 0.846. The van der Waals surface area contributed by atoms with E-state index in [1.807, 2.05) is 18.2 Å². The summed E-state index contributed by atoms with van der Waals surface area (Å²) in [7, 11) is 1.63. The van der Waals surface area contributed by atoms with Crippen molar-refractivity contribution in [2.75, 3.05) is 19.0 Å². The first-order valence-corrected chi connectivity index (χ1v) is 7.69. The summed E-state index contributed by atoms with van der Waals surface area (Å²) in [5.74, 6) is 1.42. The number of fused-ring (bicyclic) bond motifs is 1. The number of aromatic nitrogens is 2. The van der Waals surface area contributed by atoms with Crippen LogP contribution in [-0.4, -0.2) is 23.6 Å².